The maximum Gasteiger partial charge on any atom is 0.125 e. The Labute approximate surface area is 130 Å². The molecule has 0 aliphatic heterocycles. The molecule has 4 heteroatoms. The molecule has 20 heavy (non-hydrogen) atoms. The first-order valence-electron chi connectivity index (χ1n) is 6.37. The van der Waals surface area contributed by atoms with Gasteiger partial charge in [-0.05, 0) is 39.7 Å². The van der Waals surface area contributed by atoms with Gasteiger partial charge in [0.25, 0.3) is 0 Å². The molecule has 1 atom stereocenters. The summed E-state index contributed by atoms with van der Waals surface area (Å²) in [6.07, 6.45) is 1.72. The quantitative estimate of drug-likeness (QED) is 0.703. The highest BCUT2D eigenvalue weighted by atomic mass is 79.9. The zero-order valence-electron chi connectivity index (χ0n) is 10.8. The van der Waals surface area contributed by atoms with E-state index in [0.717, 1.165) is 16.8 Å². The standard InChI is InChI=1S/C16H14BrNOS/c17-13-9-14(20-11-13)10-18-16(15-7-4-8-19-15)12-5-2-1-3-6-12/h1-9,11,16,18H,10H2. The molecular formula is C16H14BrNOS. The van der Waals surface area contributed by atoms with E-state index >= 15 is 0 Å². The highest BCUT2D eigenvalue weighted by Crippen LogP contribution is 2.25. The summed E-state index contributed by atoms with van der Waals surface area (Å²) in [6, 6.07) is 16.5. The van der Waals surface area contributed by atoms with E-state index in [1.54, 1.807) is 17.6 Å². The van der Waals surface area contributed by atoms with Crippen LogP contribution in [0.4, 0.5) is 0 Å². The number of benzene rings is 1. The average Bonchev–Trinajstić information content (AvgIpc) is 3.12. The molecule has 0 saturated heterocycles. The highest BCUT2D eigenvalue weighted by molar-refractivity contribution is 9.10. The lowest BCUT2D eigenvalue weighted by Crippen LogP contribution is -2.21. The van der Waals surface area contributed by atoms with Crippen LogP contribution in [0.15, 0.2) is 69.1 Å². The largest absolute Gasteiger partial charge is 0.467 e. The van der Waals surface area contributed by atoms with E-state index in [9.17, 15) is 0 Å². The van der Waals surface area contributed by atoms with Crippen LogP contribution in [0.5, 0.6) is 0 Å². The molecule has 1 unspecified atom stereocenters. The second-order valence-corrected chi connectivity index (χ2v) is 6.38. The average molecular weight is 348 g/mol. The predicted octanol–water partition coefficient (Wildman–Crippen LogP) is 4.98. The predicted molar refractivity (Wildman–Crippen MR) is 85.9 cm³/mol. The number of hydrogen-bond acceptors (Lipinski definition) is 3. The van der Waals surface area contributed by atoms with Crippen LogP contribution in [0, 0.1) is 0 Å². The van der Waals surface area contributed by atoms with E-state index in [0.29, 0.717) is 0 Å². The van der Waals surface area contributed by atoms with Crippen LogP contribution in [0.2, 0.25) is 0 Å². The third-order valence-corrected chi connectivity index (χ3v) is 4.76. The Morgan fingerprint density at radius 1 is 1.15 bits per heavy atom. The minimum atomic E-state index is 0.0760. The van der Waals surface area contributed by atoms with Crippen LogP contribution in [0.3, 0.4) is 0 Å². The lowest BCUT2D eigenvalue weighted by molar-refractivity contribution is 0.447. The molecule has 0 spiro atoms. The lowest BCUT2D eigenvalue weighted by Gasteiger charge is -2.16. The van der Waals surface area contributed by atoms with Crippen LogP contribution in [-0.2, 0) is 6.54 Å². The molecule has 2 aromatic heterocycles. The zero-order valence-corrected chi connectivity index (χ0v) is 13.2. The van der Waals surface area contributed by atoms with Gasteiger partial charge < -0.3 is 4.42 Å². The third kappa shape index (κ3) is 3.20. The Morgan fingerprint density at radius 3 is 2.65 bits per heavy atom. The highest BCUT2D eigenvalue weighted by Gasteiger charge is 2.16. The summed E-state index contributed by atoms with van der Waals surface area (Å²) < 4.78 is 6.71. The Hall–Kier alpha value is -1.36. The van der Waals surface area contributed by atoms with E-state index in [2.05, 4.69) is 57.0 Å². The maximum absolute atomic E-state index is 5.58. The zero-order chi connectivity index (χ0) is 13.8. The van der Waals surface area contributed by atoms with E-state index in [-0.39, 0.29) is 6.04 Å². The van der Waals surface area contributed by atoms with Crippen LogP contribution >= 0.6 is 27.3 Å². The van der Waals surface area contributed by atoms with Gasteiger partial charge in [-0.2, -0.15) is 0 Å². The van der Waals surface area contributed by atoms with Crippen LogP contribution in [0.25, 0.3) is 0 Å². The van der Waals surface area contributed by atoms with Crippen molar-refractivity contribution in [2.75, 3.05) is 0 Å². The van der Waals surface area contributed by atoms with Gasteiger partial charge in [0.2, 0.25) is 0 Å². The lowest BCUT2D eigenvalue weighted by atomic mass is 10.0. The van der Waals surface area contributed by atoms with Crippen molar-refractivity contribution in [3.8, 4) is 0 Å². The number of hydrogen-bond donors (Lipinski definition) is 1. The van der Waals surface area contributed by atoms with Gasteiger partial charge in [0.15, 0.2) is 0 Å². The first-order chi connectivity index (χ1) is 9.83. The monoisotopic (exact) mass is 347 g/mol. The second kappa shape index (κ2) is 6.39. The Bertz CT molecular complexity index is 648. The molecule has 0 fully saturated rings. The number of halogens is 1. The van der Waals surface area contributed by atoms with Gasteiger partial charge in [0.05, 0.1) is 12.3 Å². The fourth-order valence-electron chi connectivity index (χ4n) is 2.13. The van der Waals surface area contributed by atoms with Gasteiger partial charge in [-0.25, -0.2) is 0 Å². The summed E-state index contributed by atoms with van der Waals surface area (Å²) in [5, 5.41) is 5.66. The molecule has 0 bridgehead atoms. The van der Waals surface area contributed by atoms with E-state index in [4.69, 9.17) is 4.42 Å². The van der Waals surface area contributed by atoms with Gasteiger partial charge in [0.1, 0.15) is 5.76 Å². The fraction of sp³-hybridized carbons (Fsp3) is 0.125. The minimum Gasteiger partial charge on any atom is -0.467 e. The molecule has 3 aromatic rings. The maximum atomic E-state index is 5.58. The third-order valence-electron chi connectivity index (χ3n) is 3.06. The Morgan fingerprint density at radius 2 is 2.00 bits per heavy atom. The van der Waals surface area contributed by atoms with E-state index in [1.807, 2.05) is 18.2 Å². The molecule has 0 aliphatic carbocycles. The molecule has 1 aromatic carbocycles. The molecule has 0 saturated carbocycles. The van der Waals surface area contributed by atoms with Crippen molar-refractivity contribution in [2.45, 2.75) is 12.6 Å². The van der Waals surface area contributed by atoms with Crippen LogP contribution in [-0.4, -0.2) is 0 Å². The molecule has 3 rings (SSSR count). The summed E-state index contributed by atoms with van der Waals surface area (Å²) in [4.78, 5) is 1.30. The first-order valence-corrected chi connectivity index (χ1v) is 8.05. The summed E-state index contributed by atoms with van der Waals surface area (Å²) in [5.74, 6) is 0.937. The number of thiophene rings is 1. The van der Waals surface area contributed by atoms with Crippen molar-refractivity contribution < 1.29 is 4.42 Å². The molecule has 2 nitrogen and oxygen atoms in total. The smallest absolute Gasteiger partial charge is 0.125 e. The molecule has 2 heterocycles. The van der Waals surface area contributed by atoms with Gasteiger partial charge in [-0.1, -0.05) is 30.3 Å². The van der Waals surface area contributed by atoms with Gasteiger partial charge in [0, 0.05) is 21.3 Å². The minimum absolute atomic E-state index is 0.0760. The van der Waals surface area contributed by atoms with Crippen molar-refractivity contribution in [2.24, 2.45) is 0 Å². The fourth-order valence-corrected chi connectivity index (χ4v) is 3.53. The summed E-state index contributed by atoms with van der Waals surface area (Å²) in [7, 11) is 0. The molecule has 1 N–H and O–H groups in total. The molecular weight excluding hydrogens is 334 g/mol. The summed E-state index contributed by atoms with van der Waals surface area (Å²) >= 11 is 5.23. The summed E-state index contributed by atoms with van der Waals surface area (Å²) in [5.41, 5.74) is 1.21. The Kier molecular flexibility index (Phi) is 4.35. The first kappa shape index (κ1) is 13.6. The number of rotatable bonds is 5. The normalized spacial score (nSPS) is 12.4. The van der Waals surface area contributed by atoms with Gasteiger partial charge in [-0.3, -0.25) is 5.32 Å². The van der Waals surface area contributed by atoms with E-state index < -0.39 is 0 Å². The van der Waals surface area contributed by atoms with Crippen molar-refractivity contribution in [1.29, 1.82) is 0 Å². The second-order valence-electron chi connectivity index (χ2n) is 4.47. The molecule has 102 valence electrons. The van der Waals surface area contributed by atoms with Crippen LogP contribution in [0.1, 0.15) is 22.2 Å². The van der Waals surface area contributed by atoms with Crippen molar-refractivity contribution >= 4 is 27.3 Å². The topological polar surface area (TPSA) is 25.2 Å². The summed E-state index contributed by atoms with van der Waals surface area (Å²) in [6.45, 7) is 0.816. The van der Waals surface area contributed by atoms with Crippen molar-refractivity contribution in [1.82, 2.24) is 5.32 Å². The molecule has 0 radical (unpaired) electrons. The van der Waals surface area contributed by atoms with Crippen molar-refractivity contribution in [3.63, 3.8) is 0 Å². The Balaban J connectivity index is 1.80. The number of furan rings is 1. The van der Waals surface area contributed by atoms with E-state index in [1.165, 1.54) is 10.4 Å². The SMILES string of the molecule is Brc1csc(CNC(c2ccccc2)c2ccco2)c1. The molecule has 0 amide bonds. The van der Waals surface area contributed by atoms with Crippen molar-refractivity contribution in [3.05, 3.63) is 80.8 Å². The van der Waals surface area contributed by atoms with Gasteiger partial charge in [-0.15, -0.1) is 11.3 Å². The molecule has 0 aliphatic rings. The number of nitrogens with one attached hydrogen (secondary N) is 1. The van der Waals surface area contributed by atoms with Crippen LogP contribution < -0.4 is 5.32 Å². The van der Waals surface area contributed by atoms with Gasteiger partial charge >= 0.3 is 0 Å².